The fraction of sp³-hybridized carbons (Fsp3) is 0.120. The fourth-order valence-electron chi connectivity index (χ4n) is 3.73. The number of hydrogen-bond donors (Lipinski definition) is 1. The standard InChI is InChI=1S/C25H18F3N5OS/c1-15-19-7-8-20(25(26,27)28)31-24(19)35-22(15)23(34)30-13-17-14-33(18-5-3-2-4-6-18)32-21(17)16-9-11-29-12-10-16/h2-12,14H,13H2,1H3,(H,30,34). The Kier molecular flexibility index (Phi) is 5.81. The number of amides is 1. The molecule has 0 radical (unpaired) electrons. The second kappa shape index (κ2) is 8.95. The highest BCUT2D eigenvalue weighted by atomic mass is 32.1. The van der Waals surface area contributed by atoms with Crippen LogP contribution < -0.4 is 5.32 Å². The Morgan fingerprint density at radius 1 is 1.06 bits per heavy atom. The number of aromatic nitrogens is 4. The monoisotopic (exact) mass is 493 g/mol. The molecule has 0 aliphatic carbocycles. The molecule has 0 spiro atoms. The van der Waals surface area contributed by atoms with E-state index in [1.54, 1.807) is 24.0 Å². The smallest absolute Gasteiger partial charge is 0.347 e. The normalized spacial score (nSPS) is 11.7. The van der Waals surface area contributed by atoms with Crippen LogP contribution in [0.5, 0.6) is 0 Å². The first-order chi connectivity index (χ1) is 16.8. The molecule has 0 aliphatic rings. The molecular formula is C25H18F3N5OS. The van der Waals surface area contributed by atoms with Crippen LogP contribution in [0.2, 0.25) is 0 Å². The van der Waals surface area contributed by atoms with Gasteiger partial charge in [0.15, 0.2) is 0 Å². The number of halogens is 3. The van der Waals surface area contributed by atoms with Gasteiger partial charge in [-0.05, 0) is 48.9 Å². The molecule has 176 valence electrons. The summed E-state index contributed by atoms with van der Waals surface area (Å²) in [5, 5.41) is 8.13. The number of thiophene rings is 1. The first-order valence-corrected chi connectivity index (χ1v) is 11.4. The van der Waals surface area contributed by atoms with Crippen molar-refractivity contribution < 1.29 is 18.0 Å². The number of para-hydroxylation sites is 1. The Morgan fingerprint density at radius 2 is 1.80 bits per heavy atom. The SMILES string of the molecule is Cc1c(C(=O)NCc2cn(-c3ccccc3)nc2-c2ccncc2)sc2nc(C(F)(F)F)ccc12. The van der Waals surface area contributed by atoms with E-state index in [-0.39, 0.29) is 17.3 Å². The van der Waals surface area contributed by atoms with Gasteiger partial charge in [0.25, 0.3) is 5.91 Å². The van der Waals surface area contributed by atoms with E-state index in [0.717, 1.165) is 34.2 Å². The predicted octanol–water partition coefficient (Wildman–Crippen LogP) is 5.80. The second-order valence-corrected chi connectivity index (χ2v) is 8.80. The quantitative estimate of drug-likeness (QED) is 0.336. The molecule has 0 unspecified atom stereocenters. The van der Waals surface area contributed by atoms with E-state index in [4.69, 9.17) is 5.10 Å². The van der Waals surface area contributed by atoms with E-state index in [1.165, 1.54) is 6.07 Å². The lowest BCUT2D eigenvalue weighted by molar-refractivity contribution is -0.140. The molecule has 0 aliphatic heterocycles. The van der Waals surface area contributed by atoms with Crippen LogP contribution in [-0.4, -0.2) is 25.7 Å². The summed E-state index contributed by atoms with van der Waals surface area (Å²) < 4.78 is 40.9. The summed E-state index contributed by atoms with van der Waals surface area (Å²) in [6.07, 6.45) is 0.640. The molecule has 4 aromatic heterocycles. The molecule has 35 heavy (non-hydrogen) atoms. The van der Waals surface area contributed by atoms with E-state index >= 15 is 0 Å². The second-order valence-electron chi connectivity index (χ2n) is 7.80. The van der Waals surface area contributed by atoms with Crippen LogP contribution in [0.4, 0.5) is 13.2 Å². The average Bonchev–Trinajstić information content (AvgIpc) is 3.44. The molecule has 1 N–H and O–H groups in total. The average molecular weight is 494 g/mol. The van der Waals surface area contributed by atoms with Crippen LogP contribution >= 0.6 is 11.3 Å². The first-order valence-electron chi connectivity index (χ1n) is 10.6. The number of alkyl halides is 3. The number of pyridine rings is 2. The number of nitrogens with zero attached hydrogens (tertiary/aromatic N) is 4. The molecule has 0 bridgehead atoms. The van der Waals surface area contributed by atoms with Crippen LogP contribution in [0, 0.1) is 6.92 Å². The van der Waals surface area contributed by atoms with E-state index < -0.39 is 11.9 Å². The Hall–Kier alpha value is -4.05. The van der Waals surface area contributed by atoms with Gasteiger partial charge in [-0.15, -0.1) is 11.3 Å². The number of hydrogen-bond acceptors (Lipinski definition) is 5. The highest BCUT2D eigenvalue weighted by molar-refractivity contribution is 7.20. The van der Waals surface area contributed by atoms with Crippen molar-refractivity contribution in [2.45, 2.75) is 19.6 Å². The highest BCUT2D eigenvalue weighted by Crippen LogP contribution is 2.34. The number of aryl methyl sites for hydroxylation is 1. The molecule has 0 fully saturated rings. The lowest BCUT2D eigenvalue weighted by atomic mass is 10.1. The maximum absolute atomic E-state index is 13.0. The summed E-state index contributed by atoms with van der Waals surface area (Å²) in [5.41, 5.74) is 2.81. The van der Waals surface area contributed by atoms with Gasteiger partial charge < -0.3 is 5.32 Å². The summed E-state index contributed by atoms with van der Waals surface area (Å²) in [6, 6.07) is 15.6. The fourth-order valence-corrected chi connectivity index (χ4v) is 4.83. The minimum Gasteiger partial charge on any atom is -0.347 e. The number of nitrogens with one attached hydrogen (secondary N) is 1. The summed E-state index contributed by atoms with van der Waals surface area (Å²) in [5.74, 6) is -0.382. The van der Waals surface area contributed by atoms with Crippen molar-refractivity contribution >= 4 is 27.5 Å². The van der Waals surface area contributed by atoms with Crippen molar-refractivity contribution in [2.75, 3.05) is 0 Å². The van der Waals surface area contributed by atoms with Gasteiger partial charge in [0.1, 0.15) is 10.5 Å². The van der Waals surface area contributed by atoms with E-state index in [9.17, 15) is 18.0 Å². The first kappa shape index (κ1) is 22.7. The Labute approximate surface area is 202 Å². The van der Waals surface area contributed by atoms with Gasteiger partial charge >= 0.3 is 6.18 Å². The van der Waals surface area contributed by atoms with Crippen molar-refractivity contribution in [3.05, 3.63) is 94.9 Å². The minimum absolute atomic E-state index is 0.178. The van der Waals surface area contributed by atoms with Gasteiger partial charge in [-0.25, -0.2) is 9.67 Å². The molecule has 5 rings (SSSR count). The maximum atomic E-state index is 13.0. The van der Waals surface area contributed by atoms with Gasteiger partial charge in [-0.3, -0.25) is 9.78 Å². The predicted molar refractivity (Wildman–Crippen MR) is 127 cm³/mol. The zero-order valence-electron chi connectivity index (χ0n) is 18.4. The van der Waals surface area contributed by atoms with Crippen molar-refractivity contribution in [3.63, 3.8) is 0 Å². The van der Waals surface area contributed by atoms with Gasteiger partial charge in [0, 0.05) is 41.6 Å². The van der Waals surface area contributed by atoms with Gasteiger partial charge in [0.2, 0.25) is 0 Å². The van der Waals surface area contributed by atoms with Crippen molar-refractivity contribution in [3.8, 4) is 16.9 Å². The summed E-state index contributed by atoms with van der Waals surface area (Å²) in [7, 11) is 0. The molecule has 6 nitrogen and oxygen atoms in total. The van der Waals surface area contributed by atoms with Crippen LogP contribution in [0.15, 0.2) is 73.2 Å². The minimum atomic E-state index is -4.54. The summed E-state index contributed by atoms with van der Waals surface area (Å²) in [6.45, 7) is 1.89. The van der Waals surface area contributed by atoms with Crippen LogP contribution in [0.25, 0.3) is 27.2 Å². The van der Waals surface area contributed by atoms with Gasteiger partial charge in [-0.1, -0.05) is 18.2 Å². The zero-order valence-corrected chi connectivity index (χ0v) is 19.2. The third-order valence-electron chi connectivity index (χ3n) is 5.50. The largest absolute Gasteiger partial charge is 0.433 e. The van der Waals surface area contributed by atoms with Crippen LogP contribution in [0.1, 0.15) is 26.5 Å². The third-order valence-corrected chi connectivity index (χ3v) is 6.70. The maximum Gasteiger partial charge on any atom is 0.433 e. The van der Waals surface area contributed by atoms with Gasteiger partial charge in [0.05, 0.1) is 16.3 Å². The number of carbonyl (C=O) groups excluding carboxylic acids is 1. The van der Waals surface area contributed by atoms with Crippen LogP contribution in [-0.2, 0) is 12.7 Å². The van der Waals surface area contributed by atoms with Crippen LogP contribution in [0.3, 0.4) is 0 Å². The molecule has 1 aromatic carbocycles. The third kappa shape index (κ3) is 4.52. The lowest BCUT2D eigenvalue weighted by Crippen LogP contribution is -2.22. The van der Waals surface area contributed by atoms with E-state index in [2.05, 4.69) is 15.3 Å². The number of benzene rings is 1. The molecule has 0 saturated heterocycles. The molecule has 1 amide bonds. The Morgan fingerprint density at radius 3 is 2.51 bits per heavy atom. The van der Waals surface area contributed by atoms with Crippen molar-refractivity contribution in [2.24, 2.45) is 0 Å². The molecule has 0 atom stereocenters. The topological polar surface area (TPSA) is 72.7 Å². The van der Waals surface area contributed by atoms with Gasteiger partial charge in [-0.2, -0.15) is 18.3 Å². The summed E-state index contributed by atoms with van der Waals surface area (Å²) in [4.78, 5) is 21.3. The number of rotatable bonds is 5. The Balaban J connectivity index is 1.44. The molecule has 4 heterocycles. The molecule has 10 heteroatoms. The van der Waals surface area contributed by atoms with Crippen molar-refractivity contribution in [1.82, 2.24) is 25.1 Å². The number of fused-ring (bicyclic) bond motifs is 1. The zero-order chi connectivity index (χ0) is 24.6. The number of carbonyl (C=O) groups is 1. The summed E-state index contributed by atoms with van der Waals surface area (Å²) >= 11 is 0.948. The Bertz CT molecular complexity index is 1510. The molecule has 5 aromatic rings. The van der Waals surface area contributed by atoms with E-state index in [0.29, 0.717) is 21.5 Å². The highest BCUT2D eigenvalue weighted by Gasteiger charge is 2.33. The van der Waals surface area contributed by atoms with Crippen molar-refractivity contribution in [1.29, 1.82) is 0 Å². The molecule has 0 saturated carbocycles. The molecular weight excluding hydrogens is 475 g/mol. The lowest BCUT2D eigenvalue weighted by Gasteiger charge is -2.05. The van der Waals surface area contributed by atoms with E-state index in [1.807, 2.05) is 48.7 Å².